The molecule has 148 valence electrons. The Morgan fingerprint density at radius 3 is 2.25 bits per heavy atom. The highest BCUT2D eigenvalue weighted by atomic mass is 16.6. The number of amides is 1. The number of nitro groups is 1. The number of nitrogens with zero attached hydrogens (tertiary/aromatic N) is 1. The predicted octanol–water partition coefficient (Wildman–Crippen LogP) is 2.40. The second-order valence-electron chi connectivity index (χ2n) is 5.55. The minimum absolute atomic E-state index is 0.0132. The number of carboxylic acid groups (broad SMARTS) is 1. The van der Waals surface area contributed by atoms with Gasteiger partial charge in [0.05, 0.1) is 25.2 Å². The Morgan fingerprint density at radius 1 is 1.11 bits per heavy atom. The first-order valence-corrected chi connectivity index (χ1v) is 8.01. The molecule has 2 aromatic rings. The molecule has 0 saturated heterocycles. The fourth-order valence-electron chi connectivity index (χ4n) is 2.40. The maximum Gasteiger partial charge on any atom is 0.413 e. The molecule has 0 saturated carbocycles. The second kappa shape index (κ2) is 9.21. The molecule has 28 heavy (non-hydrogen) atoms. The van der Waals surface area contributed by atoms with Gasteiger partial charge >= 0.3 is 17.7 Å². The molecule has 0 radical (unpaired) electrons. The molecule has 0 aliphatic heterocycles. The van der Waals surface area contributed by atoms with Crippen molar-refractivity contribution in [1.82, 2.24) is 5.32 Å². The molecule has 0 fully saturated rings. The molecule has 0 aliphatic rings. The van der Waals surface area contributed by atoms with Crippen LogP contribution in [0.5, 0.6) is 17.2 Å². The number of rotatable bonds is 8. The highest BCUT2D eigenvalue weighted by molar-refractivity contribution is 5.81. The summed E-state index contributed by atoms with van der Waals surface area (Å²) in [7, 11) is 2.61. The van der Waals surface area contributed by atoms with Crippen LogP contribution in [-0.4, -0.2) is 42.4 Å². The Bertz CT molecular complexity index is 869. The van der Waals surface area contributed by atoms with Crippen molar-refractivity contribution in [2.45, 2.75) is 12.5 Å². The Labute approximate surface area is 159 Å². The predicted molar refractivity (Wildman–Crippen MR) is 96.9 cm³/mol. The van der Waals surface area contributed by atoms with E-state index in [2.05, 4.69) is 5.32 Å². The summed E-state index contributed by atoms with van der Waals surface area (Å²) in [5, 5.41) is 22.8. The third-order valence-electron chi connectivity index (χ3n) is 3.74. The minimum Gasteiger partial charge on any atom is -0.493 e. The van der Waals surface area contributed by atoms with Crippen molar-refractivity contribution in [2.24, 2.45) is 0 Å². The van der Waals surface area contributed by atoms with Crippen LogP contribution < -0.4 is 19.5 Å². The molecule has 10 nitrogen and oxygen atoms in total. The van der Waals surface area contributed by atoms with E-state index in [1.807, 2.05) is 0 Å². The lowest BCUT2D eigenvalue weighted by atomic mass is 10.1. The van der Waals surface area contributed by atoms with Gasteiger partial charge in [0.1, 0.15) is 6.04 Å². The number of aliphatic carboxylic acids is 1. The van der Waals surface area contributed by atoms with E-state index in [1.54, 1.807) is 30.3 Å². The van der Waals surface area contributed by atoms with Gasteiger partial charge in [0, 0.05) is 12.5 Å². The lowest BCUT2D eigenvalue weighted by molar-refractivity contribution is -0.385. The third-order valence-corrected chi connectivity index (χ3v) is 3.74. The summed E-state index contributed by atoms with van der Waals surface area (Å²) in [6.45, 7) is 0. The normalized spacial score (nSPS) is 11.2. The van der Waals surface area contributed by atoms with Gasteiger partial charge in [0.25, 0.3) is 0 Å². The highest BCUT2D eigenvalue weighted by Gasteiger charge is 2.26. The summed E-state index contributed by atoms with van der Waals surface area (Å²) in [6, 6.07) is 9.54. The van der Waals surface area contributed by atoms with Crippen LogP contribution in [0.1, 0.15) is 5.56 Å². The van der Waals surface area contributed by atoms with Gasteiger partial charge in [-0.3, -0.25) is 10.1 Å². The van der Waals surface area contributed by atoms with Gasteiger partial charge in [-0.1, -0.05) is 30.3 Å². The van der Waals surface area contributed by atoms with Crippen molar-refractivity contribution in [1.29, 1.82) is 0 Å². The first-order chi connectivity index (χ1) is 13.3. The topological polar surface area (TPSA) is 137 Å². The molecule has 10 heteroatoms. The first-order valence-electron chi connectivity index (χ1n) is 8.01. The lowest BCUT2D eigenvalue weighted by Crippen LogP contribution is -2.43. The van der Waals surface area contributed by atoms with Gasteiger partial charge in [-0.15, -0.1) is 0 Å². The van der Waals surface area contributed by atoms with Crippen molar-refractivity contribution in [3.63, 3.8) is 0 Å². The van der Waals surface area contributed by atoms with Crippen LogP contribution in [0.3, 0.4) is 0 Å². The first kappa shape index (κ1) is 20.5. The summed E-state index contributed by atoms with van der Waals surface area (Å²) in [6.07, 6.45) is -1.14. The number of hydrogen-bond acceptors (Lipinski definition) is 7. The van der Waals surface area contributed by atoms with E-state index in [0.717, 1.165) is 12.1 Å². The van der Waals surface area contributed by atoms with Gasteiger partial charge in [0.15, 0.2) is 11.5 Å². The third kappa shape index (κ3) is 5.10. The summed E-state index contributed by atoms with van der Waals surface area (Å²) in [5.74, 6) is -1.50. The van der Waals surface area contributed by atoms with Crippen LogP contribution in [0.2, 0.25) is 0 Å². The number of ether oxygens (including phenoxy) is 3. The monoisotopic (exact) mass is 390 g/mol. The molecule has 1 atom stereocenters. The Balaban J connectivity index is 2.20. The highest BCUT2D eigenvalue weighted by Crippen LogP contribution is 2.39. The second-order valence-corrected chi connectivity index (χ2v) is 5.55. The van der Waals surface area contributed by atoms with Crippen LogP contribution >= 0.6 is 0 Å². The fraction of sp³-hybridized carbons (Fsp3) is 0.222. The maximum atomic E-state index is 12.2. The molecule has 0 aliphatic carbocycles. The standard InChI is InChI=1S/C18H18N2O8/c1-26-15-9-13(20(24)25)14(10-16(15)27-2)28-18(23)19-12(17(21)22)8-11-6-4-3-5-7-11/h3-7,9-10,12H,8H2,1-2H3,(H,19,23)(H,21,22)/t12-/m0/s1. The average Bonchev–Trinajstić information content (AvgIpc) is 2.67. The molecule has 0 bridgehead atoms. The largest absolute Gasteiger partial charge is 0.493 e. The summed E-state index contributed by atoms with van der Waals surface area (Å²) in [4.78, 5) is 34.1. The van der Waals surface area contributed by atoms with Crippen molar-refractivity contribution in [3.05, 3.63) is 58.1 Å². The van der Waals surface area contributed by atoms with Gasteiger partial charge in [-0.25, -0.2) is 9.59 Å². The molecule has 2 aromatic carbocycles. The zero-order valence-corrected chi connectivity index (χ0v) is 15.1. The van der Waals surface area contributed by atoms with E-state index in [1.165, 1.54) is 14.2 Å². The lowest BCUT2D eigenvalue weighted by Gasteiger charge is -2.15. The molecule has 0 spiro atoms. The van der Waals surface area contributed by atoms with E-state index in [0.29, 0.717) is 5.56 Å². The van der Waals surface area contributed by atoms with Gasteiger partial charge in [-0.05, 0) is 5.56 Å². The number of benzene rings is 2. The minimum atomic E-state index is -1.28. The molecule has 0 unspecified atom stereocenters. The van der Waals surface area contributed by atoms with Crippen molar-refractivity contribution < 1.29 is 33.8 Å². The number of carbonyl (C=O) groups is 2. The number of hydrogen-bond donors (Lipinski definition) is 2. The molecule has 2 rings (SSSR count). The van der Waals surface area contributed by atoms with Crippen LogP contribution in [0.25, 0.3) is 0 Å². The zero-order valence-electron chi connectivity index (χ0n) is 15.1. The van der Waals surface area contributed by atoms with E-state index in [9.17, 15) is 24.8 Å². The summed E-state index contributed by atoms with van der Waals surface area (Å²) >= 11 is 0. The Kier molecular flexibility index (Phi) is 6.74. The van der Waals surface area contributed by atoms with Crippen LogP contribution in [0, 0.1) is 10.1 Å². The smallest absolute Gasteiger partial charge is 0.413 e. The summed E-state index contributed by atoms with van der Waals surface area (Å²) in [5.41, 5.74) is 0.148. The maximum absolute atomic E-state index is 12.2. The van der Waals surface area contributed by atoms with Gasteiger partial charge in [0.2, 0.25) is 5.75 Å². The van der Waals surface area contributed by atoms with Crippen LogP contribution in [0.4, 0.5) is 10.5 Å². The van der Waals surface area contributed by atoms with Gasteiger partial charge < -0.3 is 24.6 Å². The zero-order chi connectivity index (χ0) is 20.7. The number of nitrogens with one attached hydrogen (secondary N) is 1. The van der Waals surface area contributed by atoms with Crippen molar-refractivity contribution in [3.8, 4) is 17.2 Å². The quantitative estimate of drug-likeness (QED) is 0.518. The molecular formula is C18H18N2O8. The number of methoxy groups -OCH3 is 2. The van der Waals surface area contributed by atoms with Crippen LogP contribution in [0.15, 0.2) is 42.5 Å². The Hall–Kier alpha value is -3.82. The molecular weight excluding hydrogens is 372 g/mol. The Morgan fingerprint density at radius 2 is 1.71 bits per heavy atom. The average molecular weight is 390 g/mol. The van der Waals surface area contributed by atoms with Gasteiger partial charge in [-0.2, -0.15) is 0 Å². The van der Waals surface area contributed by atoms with Crippen molar-refractivity contribution in [2.75, 3.05) is 14.2 Å². The SMILES string of the molecule is COc1cc(OC(=O)N[C@@H](Cc2ccccc2)C(=O)O)c([N+](=O)[O-])cc1OC. The van der Waals surface area contributed by atoms with Crippen molar-refractivity contribution >= 4 is 17.7 Å². The van der Waals surface area contributed by atoms with E-state index in [4.69, 9.17) is 14.2 Å². The molecule has 0 heterocycles. The number of carbonyl (C=O) groups excluding carboxylic acids is 1. The number of nitro benzene ring substituents is 1. The van der Waals surface area contributed by atoms with E-state index < -0.39 is 34.5 Å². The number of carboxylic acids is 1. The summed E-state index contributed by atoms with van der Waals surface area (Å²) < 4.78 is 15.0. The molecule has 1 amide bonds. The van der Waals surface area contributed by atoms with Crippen LogP contribution in [-0.2, 0) is 11.2 Å². The van der Waals surface area contributed by atoms with E-state index in [-0.39, 0.29) is 17.9 Å². The fourth-order valence-corrected chi connectivity index (χ4v) is 2.40. The molecule has 0 aromatic heterocycles. The van der Waals surface area contributed by atoms with E-state index >= 15 is 0 Å². The molecule has 2 N–H and O–H groups in total.